The van der Waals surface area contributed by atoms with Crippen LogP contribution in [-0.4, -0.2) is 55.3 Å². The number of hydrogen-bond acceptors (Lipinski definition) is 5. The topological polar surface area (TPSA) is 76.1 Å². The molecule has 178 valence electrons. The minimum Gasteiger partial charge on any atom is -0.489 e. The number of para-hydroxylation sites is 1. The van der Waals surface area contributed by atoms with Crippen LogP contribution >= 0.6 is 0 Å². The van der Waals surface area contributed by atoms with Crippen molar-refractivity contribution >= 4 is 11.9 Å². The van der Waals surface area contributed by atoms with Gasteiger partial charge >= 0.3 is 11.9 Å². The van der Waals surface area contributed by atoms with Crippen molar-refractivity contribution in [1.82, 2.24) is 4.90 Å². The highest BCUT2D eigenvalue weighted by Crippen LogP contribution is 2.31. The molecule has 0 amide bonds. The summed E-state index contributed by atoms with van der Waals surface area (Å²) in [5.74, 6) is -1.79. The number of carbonyl (C=O) groups is 2. The van der Waals surface area contributed by atoms with Crippen LogP contribution in [0.3, 0.4) is 0 Å². The number of nitrogens with zero attached hydrogens (tertiary/aromatic N) is 1. The molecule has 6 nitrogen and oxygen atoms in total. The summed E-state index contributed by atoms with van der Waals surface area (Å²) in [6.45, 7) is 0.721. The molecule has 0 heterocycles. The Labute approximate surface area is 196 Å². The fourth-order valence-corrected chi connectivity index (χ4v) is 4.45. The first-order valence-corrected chi connectivity index (χ1v) is 11.8. The highest BCUT2D eigenvalue weighted by Gasteiger charge is 2.37. The van der Waals surface area contributed by atoms with Crippen LogP contribution in [0.1, 0.15) is 36.8 Å². The number of aliphatic carboxylic acids is 1. The lowest BCUT2D eigenvalue weighted by Gasteiger charge is -2.29. The first-order valence-electron chi connectivity index (χ1n) is 11.8. The molecular weight excluding hydrogens is 418 g/mol. The van der Waals surface area contributed by atoms with Gasteiger partial charge in [0.05, 0.1) is 11.8 Å². The number of esters is 1. The van der Waals surface area contributed by atoms with Crippen molar-refractivity contribution in [3.05, 3.63) is 65.7 Å². The monoisotopic (exact) mass is 453 g/mol. The first kappa shape index (κ1) is 24.8. The zero-order chi connectivity index (χ0) is 23.6. The second-order valence-electron chi connectivity index (χ2n) is 9.06. The van der Waals surface area contributed by atoms with E-state index in [1.807, 2.05) is 55.4 Å². The molecule has 6 heteroatoms. The highest BCUT2D eigenvalue weighted by molar-refractivity contribution is 5.81. The standard InChI is InChI=1S/C27H35NO5/c1-28(2)18-22(33-27(31)24-14-8-7-13-23(24)26(29)30)19-32-25-15-9-6-12-21(25)17-16-20-10-4-3-5-11-20/h3-6,9-12,15,22-24H,7-8,13-14,16-19H2,1-2H3,(H,29,30). The zero-order valence-corrected chi connectivity index (χ0v) is 19.6. The summed E-state index contributed by atoms with van der Waals surface area (Å²) in [4.78, 5) is 26.4. The number of carbonyl (C=O) groups excluding carboxylic acids is 1. The van der Waals surface area contributed by atoms with Crippen LogP contribution in [0.4, 0.5) is 0 Å². The fourth-order valence-electron chi connectivity index (χ4n) is 4.45. The summed E-state index contributed by atoms with van der Waals surface area (Å²) < 4.78 is 11.9. The van der Waals surface area contributed by atoms with Gasteiger partial charge in [-0.3, -0.25) is 9.59 Å². The number of carboxylic acid groups (broad SMARTS) is 1. The second-order valence-corrected chi connectivity index (χ2v) is 9.06. The van der Waals surface area contributed by atoms with Gasteiger partial charge in [0, 0.05) is 6.54 Å². The Bertz CT molecular complexity index is 898. The molecular formula is C27H35NO5. The lowest BCUT2D eigenvalue weighted by molar-refractivity contribution is -0.165. The minimum absolute atomic E-state index is 0.219. The summed E-state index contributed by atoms with van der Waals surface area (Å²) in [6, 6.07) is 18.3. The average Bonchev–Trinajstić information content (AvgIpc) is 2.82. The number of likely N-dealkylation sites (N-methyl/N-ethyl adjacent to an activating group) is 1. The van der Waals surface area contributed by atoms with Crippen molar-refractivity contribution in [3.8, 4) is 5.75 Å². The van der Waals surface area contributed by atoms with E-state index < -0.39 is 29.9 Å². The van der Waals surface area contributed by atoms with Crippen molar-refractivity contribution in [2.75, 3.05) is 27.2 Å². The van der Waals surface area contributed by atoms with E-state index in [4.69, 9.17) is 9.47 Å². The van der Waals surface area contributed by atoms with E-state index >= 15 is 0 Å². The molecule has 1 aliphatic carbocycles. The van der Waals surface area contributed by atoms with E-state index in [1.54, 1.807) is 0 Å². The average molecular weight is 454 g/mol. The van der Waals surface area contributed by atoms with Crippen molar-refractivity contribution in [1.29, 1.82) is 0 Å². The molecule has 0 aliphatic heterocycles. The predicted molar refractivity (Wildman–Crippen MR) is 127 cm³/mol. The third kappa shape index (κ3) is 7.60. The van der Waals surface area contributed by atoms with E-state index in [9.17, 15) is 14.7 Å². The summed E-state index contributed by atoms with van der Waals surface area (Å²) in [5, 5.41) is 9.51. The van der Waals surface area contributed by atoms with Crippen molar-refractivity contribution < 1.29 is 24.2 Å². The highest BCUT2D eigenvalue weighted by atomic mass is 16.6. The van der Waals surface area contributed by atoms with Crippen LogP contribution < -0.4 is 4.74 Å². The third-order valence-electron chi connectivity index (χ3n) is 6.16. The smallest absolute Gasteiger partial charge is 0.310 e. The SMILES string of the molecule is CN(C)CC(COc1ccccc1CCc1ccccc1)OC(=O)C1CCCCC1C(=O)O. The first-order chi connectivity index (χ1) is 15.9. The summed E-state index contributed by atoms with van der Waals surface area (Å²) in [5.41, 5.74) is 2.38. The van der Waals surface area contributed by atoms with E-state index in [1.165, 1.54) is 5.56 Å². The maximum Gasteiger partial charge on any atom is 0.310 e. The van der Waals surface area contributed by atoms with Gasteiger partial charge in [-0.1, -0.05) is 61.4 Å². The Morgan fingerprint density at radius 1 is 0.970 bits per heavy atom. The number of aryl methyl sites for hydroxylation is 2. The Morgan fingerprint density at radius 2 is 1.64 bits per heavy atom. The number of benzene rings is 2. The molecule has 0 spiro atoms. The van der Waals surface area contributed by atoms with Crippen LogP contribution in [-0.2, 0) is 27.2 Å². The van der Waals surface area contributed by atoms with Crippen molar-refractivity contribution in [2.45, 2.75) is 44.6 Å². The fraction of sp³-hybridized carbons (Fsp3) is 0.481. The minimum atomic E-state index is -0.913. The lowest BCUT2D eigenvalue weighted by Crippen LogP contribution is -2.40. The third-order valence-corrected chi connectivity index (χ3v) is 6.16. The lowest BCUT2D eigenvalue weighted by atomic mass is 9.79. The van der Waals surface area contributed by atoms with E-state index in [0.29, 0.717) is 19.4 Å². The molecule has 0 aromatic heterocycles. The summed E-state index contributed by atoms with van der Waals surface area (Å²) >= 11 is 0. The van der Waals surface area contributed by atoms with Gasteiger partial charge in [0.25, 0.3) is 0 Å². The van der Waals surface area contributed by atoms with Crippen molar-refractivity contribution in [2.24, 2.45) is 11.8 Å². The normalized spacial score (nSPS) is 19.1. The maximum absolute atomic E-state index is 12.9. The van der Waals surface area contributed by atoms with Gasteiger partial charge in [-0.15, -0.1) is 0 Å². The van der Waals surface area contributed by atoms with Gasteiger partial charge in [-0.2, -0.15) is 0 Å². The van der Waals surface area contributed by atoms with Crippen molar-refractivity contribution in [3.63, 3.8) is 0 Å². The Morgan fingerprint density at radius 3 is 2.33 bits per heavy atom. The number of hydrogen-bond donors (Lipinski definition) is 1. The van der Waals surface area contributed by atoms with Crippen LogP contribution in [0.15, 0.2) is 54.6 Å². The van der Waals surface area contributed by atoms with E-state index in [2.05, 4.69) is 18.2 Å². The number of rotatable bonds is 11. The molecule has 0 bridgehead atoms. The van der Waals surface area contributed by atoms with Gasteiger partial charge in [-0.25, -0.2) is 0 Å². The van der Waals surface area contributed by atoms with Gasteiger partial charge in [-0.05, 0) is 57.0 Å². The quantitative estimate of drug-likeness (QED) is 0.514. The van der Waals surface area contributed by atoms with Crippen LogP contribution in [0.25, 0.3) is 0 Å². The molecule has 0 saturated heterocycles. The molecule has 3 atom stereocenters. The summed E-state index contributed by atoms with van der Waals surface area (Å²) in [7, 11) is 3.82. The second kappa shape index (κ2) is 12.4. The van der Waals surface area contributed by atoms with E-state index in [-0.39, 0.29) is 6.61 Å². The molecule has 2 aromatic carbocycles. The molecule has 1 saturated carbocycles. The predicted octanol–water partition coefficient (Wildman–Crippen LogP) is 4.22. The molecule has 1 fully saturated rings. The van der Waals surface area contributed by atoms with Gasteiger partial charge < -0.3 is 19.5 Å². The zero-order valence-electron chi connectivity index (χ0n) is 19.6. The van der Waals surface area contributed by atoms with Gasteiger partial charge in [0.15, 0.2) is 0 Å². The Kier molecular flexibility index (Phi) is 9.31. The van der Waals surface area contributed by atoms with Crippen LogP contribution in [0.2, 0.25) is 0 Å². The largest absolute Gasteiger partial charge is 0.489 e. The van der Waals surface area contributed by atoms with Gasteiger partial charge in [0.2, 0.25) is 0 Å². The van der Waals surface area contributed by atoms with Crippen LogP contribution in [0, 0.1) is 11.8 Å². The molecule has 2 aromatic rings. The Balaban J connectivity index is 1.62. The Hall–Kier alpha value is -2.86. The summed E-state index contributed by atoms with van der Waals surface area (Å²) in [6.07, 6.45) is 4.06. The van der Waals surface area contributed by atoms with Gasteiger partial charge in [0.1, 0.15) is 18.5 Å². The molecule has 0 radical (unpaired) electrons. The maximum atomic E-state index is 12.9. The van der Waals surface area contributed by atoms with Crippen LogP contribution in [0.5, 0.6) is 5.75 Å². The molecule has 3 rings (SSSR count). The molecule has 33 heavy (non-hydrogen) atoms. The number of ether oxygens (including phenoxy) is 2. The molecule has 1 aliphatic rings. The number of carboxylic acids is 1. The van der Waals surface area contributed by atoms with E-state index in [0.717, 1.165) is 37.0 Å². The molecule has 1 N–H and O–H groups in total. The molecule has 3 unspecified atom stereocenters.